The number of methoxy groups -OCH3 is 1. The molecule has 0 bridgehead atoms. The van der Waals surface area contributed by atoms with Crippen LogP contribution in [0.2, 0.25) is 0 Å². The van der Waals surface area contributed by atoms with Crippen LogP contribution < -0.4 is 4.74 Å². The fourth-order valence-electron chi connectivity index (χ4n) is 3.64. The molecule has 2 heterocycles. The van der Waals surface area contributed by atoms with E-state index in [-0.39, 0.29) is 17.6 Å². The largest absolute Gasteiger partial charge is 0.497 e. The number of hydrogen-bond donors (Lipinski definition) is 1. The molecule has 1 aromatic rings. The third-order valence-electron chi connectivity index (χ3n) is 5.09. The lowest BCUT2D eigenvalue weighted by Crippen LogP contribution is -2.51. The lowest BCUT2D eigenvalue weighted by molar-refractivity contribution is -0.139. The summed E-state index contributed by atoms with van der Waals surface area (Å²) in [5, 5.41) is 9.89. The quantitative estimate of drug-likeness (QED) is 0.907. The summed E-state index contributed by atoms with van der Waals surface area (Å²) in [7, 11) is 1.62. The summed E-state index contributed by atoms with van der Waals surface area (Å²) >= 11 is 0. The zero-order valence-electron chi connectivity index (χ0n) is 13.9. The first-order chi connectivity index (χ1) is 11.0. The zero-order valence-corrected chi connectivity index (χ0v) is 13.9. The highest BCUT2D eigenvalue weighted by Gasteiger charge is 2.40. The molecular weight excluding hydrogens is 294 g/mol. The van der Waals surface area contributed by atoms with Gasteiger partial charge >= 0.3 is 0 Å². The second kappa shape index (κ2) is 6.49. The maximum atomic E-state index is 12.8. The van der Waals surface area contributed by atoms with Crippen molar-refractivity contribution >= 4 is 5.91 Å². The SMILES string of the molecule is COc1ccc(C(=O)N2CCC3(CC2)CC(O)CCO3)c(C)c1. The van der Waals surface area contributed by atoms with Gasteiger partial charge in [-0.2, -0.15) is 0 Å². The summed E-state index contributed by atoms with van der Waals surface area (Å²) < 4.78 is 11.1. The fourth-order valence-corrected chi connectivity index (χ4v) is 3.64. The van der Waals surface area contributed by atoms with Crippen molar-refractivity contribution in [2.75, 3.05) is 26.8 Å². The molecule has 1 amide bonds. The van der Waals surface area contributed by atoms with Gasteiger partial charge in [-0.3, -0.25) is 4.79 Å². The molecule has 1 atom stereocenters. The van der Waals surface area contributed by atoms with Gasteiger partial charge in [-0.15, -0.1) is 0 Å². The van der Waals surface area contributed by atoms with Gasteiger partial charge in [-0.25, -0.2) is 0 Å². The summed E-state index contributed by atoms with van der Waals surface area (Å²) in [6.45, 7) is 3.91. The minimum atomic E-state index is -0.269. The lowest BCUT2D eigenvalue weighted by atomic mass is 9.83. The van der Waals surface area contributed by atoms with Gasteiger partial charge in [0.05, 0.1) is 18.8 Å². The van der Waals surface area contributed by atoms with E-state index in [1.807, 2.05) is 30.0 Å². The van der Waals surface area contributed by atoms with E-state index in [1.54, 1.807) is 7.11 Å². The number of carbonyl (C=O) groups is 1. The zero-order chi connectivity index (χ0) is 16.4. The summed E-state index contributed by atoms with van der Waals surface area (Å²) in [5.41, 5.74) is 1.42. The summed E-state index contributed by atoms with van der Waals surface area (Å²) in [4.78, 5) is 14.6. The third kappa shape index (κ3) is 3.35. The normalized spacial score (nSPS) is 23.8. The number of carbonyl (C=O) groups excluding carboxylic acids is 1. The van der Waals surface area contributed by atoms with Crippen molar-refractivity contribution in [1.82, 2.24) is 4.90 Å². The van der Waals surface area contributed by atoms with Crippen molar-refractivity contribution < 1.29 is 19.4 Å². The number of amides is 1. The first kappa shape index (κ1) is 16.3. The Bertz CT molecular complexity index is 578. The molecule has 2 aliphatic rings. The Morgan fingerprint density at radius 2 is 2.13 bits per heavy atom. The number of piperidine rings is 1. The number of rotatable bonds is 2. The standard InChI is InChI=1S/C18H25NO4/c1-13-11-15(22-2)3-4-16(13)17(21)19-8-6-18(7-9-19)12-14(20)5-10-23-18/h3-4,11,14,20H,5-10,12H2,1-2H3. The van der Waals surface area contributed by atoms with Crippen molar-refractivity contribution in [3.8, 4) is 5.75 Å². The van der Waals surface area contributed by atoms with E-state index in [0.29, 0.717) is 26.1 Å². The van der Waals surface area contributed by atoms with Gasteiger partial charge in [0.15, 0.2) is 0 Å². The van der Waals surface area contributed by atoms with Crippen LogP contribution in [0.3, 0.4) is 0 Å². The molecule has 0 aliphatic carbocycles. The van der Waals surface area contributed by atoms with Gasteiger partial charge in [0.25, 0.3) is 5.91 Å². The van der Waals surface area contributed by atoms with Crippen LogP contribution in [0.5, 0.6) is 5.75 Å². The van der Waals surface area contributed by atoms with E-state index in [1.165, 1.54) is 0 Å². The van der Waals surface area contributed by atoms with E-state index >= 15 is 0 Å². The molecule has 5 nitrogen and oxygen atoms in total. The van der Waals surface area contributed by atoms with Crippen LogP contribution in [-0.4, -0.2) is 54.4 Å². The van der Waals surface area contributed by atoms with Crippen molar-refractivity contribution in [2.24, 2.45) is 0 Å². The van der Waals surface area contributed by atoms with Gasteiger partial charge in [0, 0.05) is 31.7 Å². The first-order valence-electron chi connectivity index (χ1n) is 8.29. The molecule has 0 radical (unpaired) electrons. The number of nitrogens with zero attached hydrogens (tertiary/aromatic N) is 1. The molecule has 5 heteroatoms. The summed E-state index contributed by atoms with van der Waals surface area (Å²) in [6.07, 6.45) is 2.73. The predicted molar refractivity (Wildman–Crippen MR) is 86.8 cm³/mol. The van der Waals surface area contributed by atoms with Crippen LogP contribution >= 0.6 is 0 Å². The minimum Gasteiger partial charge on any atom is -0.497 e. The molecular formula is C18H25NO4. The maximum absolute atomic E-state index is 12.8. The monoisotopic (exact) mass is 319 g/mol. The van der Waals surface area contributed by atoms with Crippen LogP contribution in [0.1, 0.15) is 41.6 Å². The molecule has 1 unspecified atom stereocenters. The van der Waals surface area contributed by atoms with Crippen LogP contribution in [0.15, 0.2) is 18.2 Å². The maximum Gasteiger partial charge on any atom is 0.254 e. The van der Waals surface area contributed by atoms with Gasteiger partial charge in [-0.05, 0) is 49.9 Å². The Morgan fingerprint density at radius 1 is 1.39 bits per heavy atom. The smallest absolute Gasteiger partial charge is 0.254 e. The number of hydrogen-bond acceptors (Lipinski definition) is 4. The van der Waals surface area contributed by atoms with E-state index < -0.39 is 0 Å². The van der Waals surface area contributed by atoms with E-state index in [4.69, 9.17) is 9.47 Å². The van der Waals surface area contributed by atoms with Crippen molar-refractivity contribution in [2.45, 2.75) is 44.3 Å². The summed E-state index contributed by atoms with van der Waals surface area (Å²) in [5.74, 6) is 0.831. The van der Waals surface area contributed by atoms with E-state index in [2.05, 4.69) is 0 Å². The molecule has 2 fully saturated rings. The summed E-state index contributed by atoms with van der Waals surface area (Å²) in [6, 6.07) is 5.55. The Labute approximate surface area is 137 Å². The number of aliphatic hydroxyl groups is 1. The van der Waals surface area contributed by atoms with Gasteiger partial charge in [0.2, 0.25) is 0 Å². The first-order valence-corrected chi connectivity index (χ1v) is 8.29. The van der Waals surface area contributed by atoms with E-state index in [0.717, 1.165) is 36.1 Å². The number of ether oxygens (including phenoxy) is 2. The van der Waals surface area contributed by atoms with Crippen LogP contribution in [0.25, 0.3) is 0 Å². The molecule has 0 aromatic heterocycles. The predicted octanol–water partition coefficient (Wildman–Crippen LogP) is 2.15. The molecule has 0 saturated carbocycles. The van der Waals surface area contributed by atoms with Crippen molar-refractivity contribution in [3.05, 3.63) is 29.3 Å². The number of benzene rings is 1. The number of aliphatic hydroxyl groups excluding tert-OH is 1. The van der Waals surface area contributed by atoms with Crippen molar-refractivity contribution in [1.29, 1.82) is 0 Å². The average Bonchev–Trinajstić information content (AvgIpc) is 2.54. The third-order valence-corrected chi connectivity index (χ3v) is 5.09. The molecule has 3 rings (SSSR count). The van der Waals surface area contributed by atoms with Crippen LogP contribution in [-0.2, 0) is 4.74 Å². The molecule has 2 saturated heterocycles. The molecule has 23 heavy (non-hydrogen) atoms. The molecule has 1 spiro atoms. The lowest BCUT2D eigenvalue weighted by Gasteiger charge is -2.45. The number of aryl methyl sites for hydroxylation is 1. The Morgan fingerprint density at radius 3 is 2.74 bits per heavy atom. The van der Waals surface area contributed by atoms with E-state index in [9.17, 15) is 9.90 Å². The molecule has 2 aliphatic heterocycles. The Hall–Kier alpha value is -1.59. The van der Waals surface area contributed by atoms with Crippen molar-refractivity contribution in [3.63, 3.8) is 0 Å². The van der Waals surface area contributed by atoms with Gasteiger partial charge in [-0.1, -0.05) is 0 Å². The second-order valence-corrected chi connectivity index (χ2v) is 6.65. The highest BCUT2D eigenvalue weighted by Crippen LogP contribution is 2.35. The highest BCUT2D eigenvalue weighted by atomic mass is 16.5. The number of likely N-dealkylation sites (tertiary alicyclic amines) is 1. The second-order valence-electron chi connectivity index (χ2n) is 6.65. The van der Waals surface area contributed by atoms with Gasteiger partial charge in [0.1, 0.15) is 5.75 Å². The molecule has 1 aromatic carbocycles. The topological polar surface area (TPSA) is 59.0 Å². The fraction of sp³-hybridized carbons (Fsp3) is 0.611. The molecule has 1 N–H and O–H groups in total. The van der Waals surface area contributed by atoms with Crippen LogP contribution in [0, 0.1) is 6.92 Å². The Balaban J connectivity index is 1.66. The average molecular weight is 319 g/mol. The highest BCUT2D eigenvalue weighted by molar-refractivity contribution is 5.95. The Kier molecular flexibility index (Phi) is 4.60. The van der Waals surface area contributed by atoms with Gasteiger partial charge < -0.3 is 19.5 Å². The molecule has 126 valence electrons. The van der Waals surface area contributed by atoms with Crippen LogP contribution in [0.4, 0.5) is 0 Å². The minimum absolute atomic E-state index is 0.0661.